The van der Waals surface area contributed by atoms with Crippen LogP contribution in [0.4, 0.5) is 0 Å². The van der Waals surface area contributed by atoms with Crippen molar-refractivity contribution in [3.05, 3.63) is 23.8 Å². The lowest BCUT2D eigenvalue weighted by Gasteiger charge is -2.17. The molecule has 2 atom stereocenters. The third-order valence-electron chi connectivity index (χ3n) is 3.18. The zero-order valence-corrected chi connectivity index (χ0v) is 9.54. The minimum atomic E-state index is -0.345. The van der Waals surface area contributed by atoms with Crippen molar-refractivity contribution < 1.29 is 9.59 Å². The van der Waals surface area contributed by atoms with Crippen molar-refractivity contribution >= 4 is 23.4 Å². The third kappa shape index (κ3) is 1.48. The topological polar surface area (TPSA) is 68.1 Å². The van der Waals surface area contributed by atoms with E-state index in [9.17, 15) is 9.59 Å². The number of nitrogens with zero attached hydrogens (tertiary/aromatic N) is 4. The van der Waals surface area contributed by atoms with Gasteiger partial charge in [-0.3, -0.25) is 9.59 Å². The molecular weight excluding hydrogens is 244 g/mol. The number of amides is 2. The Labute approximate surface area is 102 Å². The standard InChI is InChI=1S/C10H9ClN4O2/c11-6-1-2-7-8(3-6)10(17)15(9(7)16)14-4-12-13-5-14/h1,4-5,7-8H,2-3H2. The van der Waals surface area contributed by atoms with Gasteiger partial charge in [-0.05, 0) is 12.8 Å². The van der Waals surface area contributed by atoms with E-state index in [1.165, 1.54) is 17.3 Å². The van der Waals surface area contributed by atoms with Crippen LogP contribution in [0.3, 0.4) is 0 Å². The molecule has 2 amide bonds. The first-order valence-electron chi connectivity index (χ1n) is 5.25. The highest BCUT2D eigenvalue weighted by Crippen LogP contribution is 2.38. The first-order valence-corrected chi connectivity index (χ1v) is 5.63. The Hall–Kier alpha value is -1.69. The second kappa shape index (κ2) is 3.66. The number of hydrogen-bond donors (Lipinski definition) is 0. The van der Waals surface area contributed by atoms with Crippen molar-refractivity contribution in [2.24, 2.45) is 11.8 Å². The smallest absolute Gasteiger partial charge is 0.253 e. The lowest BCUT2D eigenvalue weighted by atomic mass is 9.85. The Morgan fingerprint density at radius 2 is 1.82 bits per heavy atom. The van der Waals surface area contributed by atoms with Crippen LogP contribution in [0.2, 0.25) is 0 Å². The highest BCUT2D eigenvalue weighted by atomic mass is 35.5. The highest BCUT2D eigenvalue weighted by molar-refractivity contribution is 6.30. The molecular formula is C10H9ClN4O2. The molecule has 1 aliphatic carbocycles. The fourth-order valence-corrected chi connectivity index (χ4v) is 2.59. The van der Waals surface area contributed by atoms with Crippen molar-refractivity contribution in [1.82, 2.24) is 14.9 Å². The van der Waals surface area contributed by atoms with Gasteiger partial charge >= 0.3 is 0 Å². The van der Waals surface area contributed by atoms with Crippen molar-refractivity contribution in [3.8, 4) is 0 Å². The van der Waals surface area contributed by atoms with Gasteiger partial charge in [-0.25, -0.2) is 4.68 Å². The summed E-state index contributed by atoms with van der Waals surface area (Å²) >= 11 is 5.92. The Bertz CT molecular complexity index is 510. The zero-order valence-electron chi connectivity index (χ0n) is 8.78. The van der Waals surface area contributed by atoms with Gasteiger partial charge in [-0.2, -0.15) is 5.01 Å². The molecule has 0 saturated carbocycles. The monoisotopic (exact) mass is 252 g/mol. The van der Waals surface area contributed by atoms with Gasteiger partial charge < -0.3 is 0 Å². The Morgan fingerprint density at radius 3 is 2.53 bits per heavy atom. The first-order chi connectivity index (χ1) is 8.18. The van der Waals surface area contributed by atoms with E-state index in [2.05, 4.69) is 10.2 Å². The summed E-state index contributed by atoms with van der Waals surface area (Å²) in [7, 11) is 0. The van der Waals surface area contributed by atoms with Crippen LogP contribution in [0.15, 0.2) is 23.8 Å². The Kier molecular flexibility index (Phi) is 2.25. The van der Waals surface area contributed by atoms with Gasteiger partial charge in [0.1, 0.15) is 12.7 Å². The molecule has 7 heteroatoms. The second-order valence-electron chi connectivity index (χ2n) is 4.13. The van der Waals surface area contributed by atoms with Gasteiger partial charge in [0, 0.05) is 5.03 Å². The quantitative estimate of drug-likeness (QED) is 0.680. The molecule has 1 aliphatic heterocycles. The summed E-state index contributed by atoms with van der Waals surface area (Å²) in [5, 5.41) is 8.94. The van der Waals surface area contributed by atoms with E-state index < -0.39 is 0 Å². The van der Waals surface area contributed by atoms with E-state index in [1.807, 2.05) is 6.08 Å². The number of carbonyl (C=O) groups is 2. The van der Waals surface area contributed by atoms with Gasteiger partial charge in [-0.15, -0.1) is 10.2 Å². The molecule has 0 spiro atoms. The molecule has 0 bridgehead atoms. The van der Waals surface area contributed by atoms with Crippen molar-refractivity contribution in [2.45, 2.75) is 12.8 Å². The first kappa shape index (κ1) is 10.5. The SMILES string of the molecule is O=C1C2CC=C(Cl)CC2C(=O)N1n1cnnc1. The van der Waals surface area contributed by atoms with Gasteiger partial charge in [-0.1, -0.05) is 17.7 Å². The molecule has 0 N–H and O–H groups in total. The molecule has 88 valence electrons. The second-order valence-corrected chi connectivity index (χ2v) is 4.62. The maximum Gasteiger partial charge on any atom is 0.253 e. The highest BCUT2D eigenvalue weighted by Gasteiger charge is 2.49. The summed E-state index contributed by atoms with van der Waals surface area (Å²) in [6.45, 7) is 0. The van der Waals surface area contributed by atoms with Gasteiger partial charge in [0.05, 0.1) is 11.8 Å². The number of halogens is 1. The molecule has 2 unspecified atom stereocenters. The summed E-state index contributed by atoms with van der Waals surface area (Å²) in [5.41, 5.74) is 0. The predicted octanol–water partition coefficient (Wildman–Crippen LogP) is 0.432. The fraction of sp³-hybridized carbons (Fsp3) is 0.400. The van der Waals surface area contributed by atoms with Crippen LogP contribution in [0.5, 0.6) is 0 Å². The average molecular weight is 253 g/mol. The van der Waals surface area contributed by atoms with Crippen LogP contribution >= 0.6 is 11.6 Å². The van der Waals surface area contributed by atoms with E-state index in [0.717, 1.165) is 5.01 Å². The molecule has 2 aliphatic rings. The van der Waals surface area contributed by atoms with Gasteiger partial charge in [0.25, 0.3) is 11.8 Å². The molecule has 1 fully saturated rings. The number of hydrogen-bond acceptors (Lipinski definition) is 4. The van der Waals surface area contributed by atoms with E-state index in [4.69, 9.17) is 11.6 Å². The normalized spacial score (nSPS) is 28.3. The van der Waals surface area contributed by atoms with Crippen molar-refractivity contribution in [1.29, 1.82) is 0 Å². The van der Waals surface area contributed by atoms with E-state index in [0.29, 0.717) is 17.9 Å². The number of carbonyl (C=O) groups excluding carboxylic acids is 2. The number of allylic oxidation sites excluding steroid dienone is 2. The van der Waals surface area contributed by atoms with Crippen LogP contribution in [0.25, 0.3) is 0 Å². The average Bonchev–Trinajstić information content (AvgIpc) is 2.88. The maximum absolute atomic E-state index is 12.1. The predicted molar refractivity (Wildman–Crippen MR) is 58.4 cm³/mol. The summed E-state index contributed by atoms with van der Waals surface area (Å²) in [5.74, 6) is -1.08. The molecule has 0 radical (unpaired) electrons. The molecule has 6 nitrogen and oxygen atoms in total. The number of aromatic nitrogens is 3. The van der Waals surface area contributed by atoms with Crippen molar-refractivity contribution in [2.75, 3.05) is 5.01 Å². The molecule has 1 aromatic rings. The third-order valence-corrected chi connectivity index (χ3v) is 3.49. The Balaban J connectivity index is 1.96. The van der Waals surface area contributed by atoms with Crippen LogP contribution in [-0.2, 0) is 9.59 Å². The molecule has 1 aromatic heterocycles. The molecule has 0 aromatic carbocycles. The van der Waals surface area contributed by atoms with E-state index >= 15 is 0 Å². The van der Waals surface area contributed by atoms with Crippen LogP contribution in [0.1, 0.15) is 12.8 Å². The Morgan fingerprint density at radius 1 is 1.18 bits per heavy atom. The lowest BCUT2D eigenvalue weighted by Crippen LogP contribution is -2.40. The van der Waals surface area contributed by atoms with Crippen molar-refractivity contribution in [3.63, 3.8) is 0 Å². The minimum Gasteiger partial charge on any atom is -0.272 e. The van der Waals surface area contributed by atoms with Crippen LogP contribution in [0, 0.1) is 11.8 Å². The molecule has 1 saturated heterocycles. The summed E-state index contributed by atoms with van der Waals surface area (Å²) in [6.07, 6.45) is 5.44. The maximum atomic E-state index is 12.1. The van der Waals surface area contributed by atoms with Gasteiger partial charge in [0.2, 0.25) is 0 Å². The van der Waals surface area contributed by atoms with Gasteiger partial charge in [0.15, 0.2) is 0 Å². The lowest BCUT2D eigenvalue weighted by molar-refractivity contribution is -0.124. The fourth-order valence-electron chi connectivity index (χ4n) is 2.34. The molecule has 3 rings (SSSR count). The van der Waals surface area contributed by atoms with E-state index in [-0.39, 0.29) is 23.7 Å². The summed E-state index contributed by atoms with van der Waals surface area (Å²) in [4.78, 5) is 24.2. The largest absolute Gasteiger partial charge is 0.272 e. The number of rotatable bonds is 1. The number of fused-ring (bicyclic) bond motifs is 1. The molecule has 17 heavy (non-hydrogen) atoms. The van der Waals surface area contributed by atoms with E-state index in [1.54, 1.807) is 0 Å². The van der Waals surface area contributed by atoms with Crippen LogP contribution < -0.4 is 5.01 Å². The summed E-state index contributed by atoms with van der Waals surface area (Å²) < 4.78 is 1.32. The zero-order chi connectivity index (χ0) is 12.0. The number of imide groups is 1. The van der Waals surface area contributed by atoms with Crippen LogP contribution in [-0.4, -0.2) is 26.7 Å². The minimum absolute atomic E-state index is 0.208. The molecule has 2 heterocycles. The summed E-state index contributed by atoms with van der Waals surface area (Å²) in [6, 6.07) is 0.